The van der Waals surface area contributed by atoms with Crippen LogP contribution in [0.5, 0.6) is 0 Å². The van der Waals surface area contributed by atoms with E-state index in [1.54, 1.807) is 12.1 Å². The minimum absolute atomic E-state index is 0.185. The maximum Gasteiger partial charge on any atom is 0.247 e. The molecule has 0 aromatic heterocycles. The van der Waals surface area contributed by atoms with Gasteiger partial charge in [0.1, 0.15) is 0 Å². The van der Waals surface area contributed by atoms with Gasteiger partial charge in [0.05, 0.1) is 0 Å². The number of nitrogens with two attached hydrogens (primary N) is 1. The van der Waals surface area contributed by atoms with Gasteiger partial charge in [-0.2, -0.15) is 0 Å². The molecule has 0 unspecified atom stereocenters. The molecule has 13 heavy (non-hydrogen) atoms. The van der Waals surface area contributed by atoms with Gasteiger partial charge >= 0.3 is 0 Å². The highest BCUT2D eigenvalue weighted by Crippen LogP contribution is 2.05. The van der Waals surface area contributed by atoms with E-state index in [0.29, 0.717) is 5.56 Å². The third kappa shape index (κ3) is 7.90. The summed E-state index contributed by atoms with van der Waals surface area (Å²) in [6, 6.07) is 8.94. The average Bonchev–Trinajstić information content (AvgIpc) is 2.05. The van der Waals surface area contributed by atoms with Crippen LogP contribution in [0.4, 0.5) is 0 Å². The van der Waals surface area contributed by atoms with Gasteiger partial charge in [0.15, 0.2) is 0 Å². The second kappa shape index (κ2) is 7.00. The molecule has 72 valence electrons. The fraction of sp³-hybridized carbons (Fsp3) is 0. The van der Waals surface area contributed by atoms with Crippen molar-refractivity contribution in [1.29, 1.82) is 0 Å². The number of benzene rings is 1. The van der Waals surface area contributed by atoms with Gasteiger partial charge in [-0.25, -0.2) is 0 Å². The smallest absolute Gasteiger partial charge is 0.247 e. The van der Waals surface area contributed by atoms with Crippen molar-refractivity contribution < 1.29 is 14.6 Å². The van der Waals surface area contributed by atoms with E-state index < -0.39 is 8.53 Å². The zero-order valence-electron chi connectivity index (χ0n) is 6.66. The Morgan fingerprint density at radius 3 is 1.92 bits per heavy atom. The van der Waals surface area contributed by atoms with Crippen molar-refractivity contribution in [2.45, 2.75) is 0 Å². The van der Waals surface area contributed by atoms with Crippen LogP contribution in [-0.4, -0.2) is 14.9 Å². The Kier molecular flexibility index (Phi) is 6.76. The lowest BCUT2D eigenvalue weighted by molar-refractivity contribution is 0.109. The molecule has 0 atom stereocenters. The van der Waals surface area contributed by atoms with E-state index in [0.717, 1.165) is 0 Å². The largest absolute Gasteiger partial charge is 0.338 e. The maximum absolute atomic E-state index is 10.5. The number of thiol groups is 1. The zero-order valence-corrected chi connectivity index (χ0v) is 8.45. The molecule has 1 aromatic carbocycles. The van der Waals surface area contributed by atoms with Crippen LogP contribution in [0.1, 0.15) is 10.4 Å². The highest BCUT2D eigenvalue weighted by Gasteiger charge is 1.94. The standard InChI is InChI=1S/C7H6OS.H4NO2P/c8-7(9)6-4-2-1-3-5-6;1-4(2)3/h1-5H,(H,8,9);2-3H,1H2. The van der Waals surface area contributed by atoms with E-state index in [-0.39, 0.29) is 5.12 Å². The molecule has 0 amide bonds. The zero-order chi connectivity index (χ0) is 10.3. The Balaban J connectivity index is 0.000000310. The van der Waals surface area contributed by atoms with Crippen LogP contribution >= 0.6 is 21.2 Å². The summed E-state index contributed by atoms with van der Waals surface area (Å²) in [5.41, 5.74) is 4.93. The summed E-state index contributed by atoms with van der Waals surface area (Å²) in [5, 5.41) is -0.185. The topological polar surface area (TPSA) is 83.6 Å². The SMILES string of the molecule is NP(O)O.O=C(S)c1ccccc1. The first-order valence-corrected chi connectivity index (χ1v) is 5.01. The molecule has 0 fully saturated rings. The number of hydrogen-bond acceptors (Lipinski definition) is 4. The molecule has 0 saturated heterocycles. The van der Waals surface area contributed by atoms with Crippen molar-refractivity contribution in [2.75, 3.05) is 0 Å². The molecule has 0 aliphatic rings. The molecule has 4 nitrogen and oxygen atoms in total. The van der Waals surface area contributed by atoms with Crippen molar-refractivity contribution in [1.82, 2.24) is 0 Å². The van der Waals surface area contributed by atoms with Gasteiger partial charge < -0.3 is 9.79 Å². The van der Waals surface area contributed by atoms with Gasteiger partial charge in [-0.1, -0.05) is 30.3 Å². The normalized spacial score (nSPS) is 9.00. The van der Waals surface area contributed by atoms with Crippen LogP contribution in [0.25, 0.3) is 0 Å². The Morgan fingerprint density at radius 2 is 1.69 bits per heavy atom. The molecule has 0 heterocycles. The van der Waals surface area contributed by atoms with E-state index in [9.17, 15) is 4.79 Å². The summed E-state index contributed by atoms with van der Waals surface area (Å²) in [5.74, 6) is 0. The van der Waals surface area contributed by atoms with Crippen molar-refractivity contribution in [3.8, 4) is 0 Å². The number of carbonyl (C=O) groups excluding carboxylic acids is 1. The molecule has 0 spiro atoms. The fourth-order valence-corrected chi connectivity index (χ4v) is 0.730. The van der Waals surface area contributed by atoms with Crippen molar-refractivity contribution >= 4 is 26.3 Å². The molecule has 1 rings (SSSR count). The first kappa shape index (κ1) is 12.6. The van der Waals surface area contributed by atoms with E-state index in [1.807, 2.05) is 18.2 Å². The highest BCUT2D eigenvalue weighted by molar-refractivity contribution is 7.97. The van der Waals surface area contributed by atoms with Crippen LogP contribution in [0, 0.1) is 0 Å². The van der Waals surface area contributed by atoms with E-state index in [1.165, 1.54) is 0 Å². The lowest BCUT2D eigenvalue weighted by atomic mass is 10.2. The van der Waals surface area contributed by atoms with E-state index in [2.05, 4.69) is 18.1 Å². The molecule has 4 N–H and O–H groups in total. The predicted molar refractivity (Wildman–Crippen MR) is 55.3 cm³/mol. The van der Waals surface area contributed by atoms with Crippen molar-refractivity contribution in [3.05, 3.63) is 35.9 Å². The summed E-state index contributed by atoms with van der Waals surface area (Å²) in [4.78, 5) is 25.4. The molecule has 0 radical (unpaired) electrons. The Hall–Kier alpha value is -0.450. The summed E-state index contributed by atoms with van der Waals surface area (Å²) in [6.07, 6.45) is 0. The van der Waals surface area contributed by atoms with Crippen LogP contribution < -0.4 is 5.50 Å². The lowest BCUT2D eigenvalue weighted by Crippen LogP contribution is -1.84. The molecule has 0 aliphatic heterocycles. The molecule has 0 saturated carbocycles. The van der Waals surface area contributed by atoms with Gasteiger partial charge in [0, 0.05) is 5.56 Å². The first-order chi connectivity index (χ1) is 6.04. The van der Waals surface area contributed by atoms with E-state index >= 15 is 0 Å². The van der Waals surface area contributed by atoms with Crippen LogP contribution in [0.3, 0.4) is 0 Å². The van der Waals surface area contributed by atoms with Crippen LogP contribution in [0.2, 0.25) is 0 Å². The third-order valence-corrected chi connectivity index (χ3v) is 1.28. The third-order valence-electron chi connectivity index (χ3n) is 1.02. The average molecular weight is 219 g/mol. The highest BCUT2D eigenvalue weighted by atomic mass is 32.1. The summed E-state index contributed by atoms with van der Waals surface area (Å²) >= 11 is 3.65. The second-order valence-corrected chi connectivity index (χ2v) is 3.04. The first-order valence-electron chi connectivity index (χ1n) is 3.25. The maximum atomic E-state index is 10.5. The van der Waals surface area contributed by atoms with Gasteiger partial charge in [0.25, 0.3) is 0 Å². The molecule has 0 aliphatic carbocycles. The summed E-state index contributed by atoms with van der Waals surface area (Å²) in [7, 11) is -2.12. The summed E-state index contributed by atoms with van der Waals surface area (Å²) < 4.78 is 0. The van der Waals surface area contributed by atoms with Crippen molar-refractivity contribution in [3.63, 3.8) is 0 Å². The monoisotopic (exact) mass is 219 g/mol. The Bertz CT molecular complexity index is 252. The Labute approximate surface area is 82.8 Å². The van der Waals surface area contributed by atoms with E-state index in [4.69, 9.17) is 9.79 Å². The van der Waals surface area contributed by atoms with Crippen molar-refractivity contribution in [2.24, 2.45) is 5.50 Å². The number of hydrogen-bond donors (Lipinski definition) is 4. The van der Waals surface area contributed by atoms with Gasteiger partial charge in [-0.15, -0.1) is 12.6 Å². The quantitative estimate of drug-likeness (QED) is 0.418. The van der Waals surface area contributed by atoms with Crippen LogP contribution in [-0.2, 0) is 0 Å². The molecule has 1 aromatic rings. The molecule has 6 heteroatoms. The Morgan fingerprint density at radius 1 is 1.31 bits per heavy atom. The van der Waals surface area contributed by atoms with Gasteiger partial charge in [-0.3, -0.25) is 10.3 Å². The fourth-order valence-electron chi connectivity index (χ4n) is 0.581. The number of carbonyl (C=O) groups is 1. The summed E-state index contributed by atoms with van der Waals surface area (Å²) in [6.45, 7) is 0. The van der Waals surface area contributed by atoms with Gasteiger partial charge in [0.2, 0.25) is 13.6 Å². The van der Waals surface area contributed by atoms with Gasteiger partial charge in [-0.05, 0) is 0 Å². The molecular weight excluding hydrogens is 209 g/mol. The molecular formula is C7H10NO3PS. The second-order valence-electron chi connectivity index (χ2n) is 1.99. The minimum Gasteiger partial charge on any atom is -0.338 e. The molecule has 0 bridgehead atoms. The predicted octanol–water partition coefficient (Wildman–Crippen LogP) is 0.913. The van der Waals surface area contributed by atoms with Crippen LogP contribution in [0.15, 0.2) is 30.3 Å². The minimum atomic E-state index is -2.12. The lowest BCUT2D eigenvalue weighted by Gasteiger charge is -1.88. The number of rotatable bonds is 1.